The minimum Gasteiger partial charge on any atom is -0.394 e. The molecule has 0 amide bonds. The molecular formula is C30H46O6. The van der Waals surface area contributed by atoms with Gasteiger partial charge in [-0.2, -0.15) is 0 Å². The van der Waals surface area contributed by atoms with Crippen molar-refractivity contribution in [1.29, 1.82) is 0 Å². The van der Waals surface area contributed by atoms with Gasteiger partial charge in [-0.15, -0.1) is 0 Å². The van der Waals surface area contributed by atoms with Crippen LogP contribution in [0.3, 0.4) is 0 Å². The molecule has 36 heavy (non-hydrogen) atoms. The Morgan fingerprint density at radius 1 is 0.556 bits per heavy atom. The average molecular weight is 503 g/mol. The molecule has 2 aromatic rings. The normalized spacial score (nSPS) is 17.8. The van der Waals surface area contributed by atoms with E-state index in [1.54, 1.807) is 0 Å². The van der Waals surface area contributed by atoms with E-state index in [1.165, 1.54) is 27.8 Å². The highest BCUT2D eigenvalue weighted by Gasteiger charge is 2.38. The lowest BCUT2D eigenvalue weighted by Gasteiger charge is -2.34. The zero-order valence-corrected chi connectivity index (χ0v) is 22.9. The van der Waals surface area contributed by atoms with Crippen molar-refractivity contribution in [3.63, 3.8) is 0 Å². The fourth-order valence-electron chi connectivity index (χ4n) is 5.10. The molecule has 0 fully saturated rings. The van der Waals surface area contributed by atoms with Gasteiger partial charge in [-0.3, -0.25) is 0 Å². The molecule has 3 unspecified atom stereocenters. The first-order chi connectivity index (χ1) is 16.8. The summed E-state index contributed by atoms with van der Waals surface area (Å²) in [6, 6.07) is 8.62. The predicted octanol–water partition coefficient (Wildman–Crippen LogP) is 2.76. The predicted molar refractivity (Wildman–Crippen MR) is 143 cm³/mol. The van der Waals surface area contributed by atoms with Crippen molar-refractivity contribution in [3.05, 3.63) is 68.8 Å². The first kappa shape index (κ1) is 30.4. The Labute approximate surface area is 216 Å². The lowest BCUT2D eigenvalue weighted by Crippen LogP contribution is -2.52. The smallest absolute Gasteiger partial charge is 0.111 e. The molecular weight excluding hydrogens is 456 g/mol. The maximum atomic E-state index is 11.2. The van der Waals surface area contributed by atoms with Crippen LogP contribution in [-0.2, 0) is 12.8 Å². The van der Waals surface area contributed by atoms with Crippen LogP contribution in [0.15, 0.2) is 24.3 Å². The van der Waals surface area contributed by atoms with Gasteiger partial charge in [0.05, 0.1) is 12.7 Å². The monoisotopic (exact) mass is 502 g/mol. The van der Waals surface area contributed by atoms with Crippen LogP contribution in [0.2, 0.25) is 0 Å². The van der Waals surface area contributed by atoms with Crippen LogP contribution in [0.1, 0.15) is 57.9 Å². The molecule has 0 saturated heterocycles. The van der Waals surface area contributed by atoms with Gasteiger partial charge in [0.15, 0.2) is 0 Å². The molecule has 0 aliphatic heterocycles. The van der Waals surface area contributed by atoms with E-state index in [2.05, 4.69) is 58.9 Å². The molecule has 0 bridgehead atoms. The Kier molecular flexibility index (Phi) is 11.1. The lowest BCUT2D eigenvalue weighted by molar-refractivity contribution is -0.149. The third-order valence-corrected chi connectivity index (χ3v) is 7.77. The molecule has 0 heterocycles. The van der Waals surface area contributed by atoms with Crippen molar-refractivity contribution in [1.82, 2.24) is 0 Å². The second-order valence-electron chi connectivity index (χ2n) is 10.9. The fourth-order valence-corrected chi connectivity index (χ4v) is 5.10. The van der Waals surface area contributed by atoms with Crippen molar-refractivity contribution in [3.8, 4) is 0 Å². The van der Waals surface area contributed by atoms with E-state index in [0.29, 0.717) is 12.8 Å². The van der Waals surface area contributed by atoms with Gasteiger partial charge in [0.1, 0.15) is 24.4 Å². The largest absolute Gasteiger partial charge is 0.394 e. The van der Waals surface area contributed by atoms with Crippen LogP contribution in [-0.4, -0.2) is 67.8 Å². The number of hydrogen-bond acceptors (Lipinski definition) is 6. The summed E-state index contributed by atoms with van der Waals surface area (Å²) in [4.78, 5) is 0. The third-order valence-electron chi connectivity index (χ3n) is 7.77. The average Bonchev–Trinajstić information content (AvgIpc) is 2.82. The summed E-state index contributed by atoms with van der Waals surface area (Å²) in [6.45, 7) is 13.8. The zero-order chi connectivity index (χ0) is 27.3. The molecule has 6 nitrogen and oxygen atoms in total. The van der Waals surface area contributed by atoms with E-state index >= 15 is 0 Å². The number of benzene rings is 2. The zero-order valence-electron chi connectivity index (χ0n) is 22.9. The Morgan fingerprint density at radius 3 is 1.44 bits per heavy atom. The quantitative estimate of drug-likeness (QED) is 0.265. The number of aliphatic hydroxyl groups excluding tert-OH is 6. The van der Waals surface area contributed by atoms with E-state index in [0.717, 1.165) is 23.1 Å². The summed E-state index contributed by atoms with van der Waals surface area (Å²) in [5.41, 5.74) is 9.46. The highest BCUT2D eigenvalue weighted by molar-refractivity contribution is 5.37. The van der Waals surface area contributed by atoms with Crippen LogP contribution in [0, 0.1) is 53.4 Å². The molecule has 202 valence electrons. The van der Waals surface area contributed by atoms with Gasteiger partial charge in [0, 0.05) is 0 Å². The first-order valence-corrected chi connectivity index (χ1v) is 12.9. The molecule has 0 saturated carbocycles. The van der Waals surface area contributed by atoms with Crippen LogP contribution < -0.4 is 0 Å². The highest BCUT2D eigenvalue weighted by Crippen LogP contribution is 2.29. The molecule has 0 radical (unpaired) electrons. The maximum Gasteiger partial charge on any atom is 0.111 e. The van der Waals surface area contributed by atoms with E-state index in [4.69, 9.17) is 5.11 Å². The molecule has 2 rings (SSSR count). The molecule has 2 aromatic carbocycles. The second kappa shape index (κ2) is 13.1. The van der Waals surface area contributed by atoms with Crippen molar-refractivity contribution in [2.24, 2.45) is 11.8 Å². The summed E-state index contributed by atoms with van der Waals surface area (Å²) < 4.78 is 0. The summed E-state index contributed by atoms with van der Waals surface area (Å²) >= 11 is 0. The Hall–Kier alpha value is -1.80. The van der Waals surface area contributed by atoms with E-state index in [1.807, 2.05) is 13.8 Å². The SMILES string of the molecule is Cc1cc(C)c(CC(C)CC(Cc2cc(C)c(C)cc2C)C(O)[C@@H](O)[C@@H](O)[C@H](O)[C@@H](O)CO)cc1C. The van der Waals surface area contributed by atoms with Gasteiger partial charge in [-0.1, -0.05) is 31.2 Å². The molecule has 7 atom stereocenters. The summed E-state index contributed by atoms with van der Waals surface area (Å²) in [7, 11) is 0. The van der Waals surface area contributed by atoms with Crippen molar-refractivity contribution >= 4 is 0 Å². The van der Waals surface area contributed by atoms with Crippen LogP contribution >= 0.6 is 0 Å². The first-order valence-electron chi connectivity index (χ1n) is 12.9. The van der Waals surface area contributed by atoms with Crippen LogP contribution in [0.5, 0.6) is 0 Å². The van der Waals surface area contributed by atoms with Gasteiger partial charge in [-0.25, -0.2) is 0 Å². The van der Waals surface area contributed by atoms with Crippen LogP contribution in [0.4, 0.5) is 0 Å². The Balaban J connectivity index is 2.32. The number of rotatable bonds is 12. The molecule has 0 spiro atoms. The minimum atomic E-state index is -1.80. The topological polar surface area (TPSA) is 121 Å². The van der Waals surface area contributed by atoms with E-state index in [-0.39, 0.29) is 5.92 Å². The number of aliphatic hydroxyl groups is 6. The Bertz CT molecular complexity index is 1000. The minimum absolute atomic E-state index is 0.176. The molecule has 6 heteroatoms. The highest BCUT2D eigenvalue weighted by atomic mass is 16.4. The summed E-state index contributed by atoms with van der Waals surface area (Å²) in [5.74, 6) is -0.231. The summed E-state index contributed by atoms with van der Waals surface area (Å²) in [5, 5.41) is 61.4. The van der Waals surface area contributed by atoms with Crippen molar-refractivity contribution in [2.45, 2.75) is 98.2 Å². The maximum absolute atomic E-state index is 11.2. The second-order valence-corrected chi connectivity index (χ2v) is 10.9. The molecule has 0 aliphatic rings. The van der Waals surface area contributed by atoms with Gasteiger partial charge < -0.3 is 30.6 Å². The molecule has 0 aromatic heterocycles. The van der Waals surface area contributed by atoms with Gasteiger partial charge in [0.25, 0.3) is 0 Å². The summed E-state index contributed by atoms with van der Waals surface area (Å²) in [6.07, 6.45) is -6.34. The third kappa shape index (κ3) is 7.60. The van der Waals surface area contributed by atoms with Gasteiger partial charge >= 0.3 is 0 Å². The van der Waals surface area contributed by atoms with E-state index < -0.39 is 43.0 Å². The Morgan fingerprint density at radius 2 is 0.972 bits per heavy atom. The number of hydrogen-bond donors (Lipinski definition) is 6. The molecule has 0 aliphatic carbocycles. The lowest BCUT2D eigenvalue weighted by atomic mass is 9.79. The van der Waals surface area contributed by atoms with Crippen molar-refractivity contribution in [2.75, 3.05) is 6.61 Å². The number of aryl methyl sites for hydroxylation is 6. The van der Waals surface area contributed by atoms with Crippen molar-refractivity contribution < 1.29 is 30.6 Å². The standard InChI is InChI=1S/C30H46O6/c1-16(8-23-12-19(4)17(2)10-21(23)6)9-25(14-24-13-20(5)18(3)11-22(24)7)27(33)29(35)30(36)28(34)26(32)15-31/h10-13,16,25-36H,8-9,14-15H2,1-7H3/t16?,25?,26-,27?,28+,29+,30-/m0/s1. The fraction of sp³-hybridized carbons (Fsp3) is 0.600. The van der Waals surface area contributed by atoms with Gasteiger partial charge in [0.2, 0.25) is 0 Å². The van der Waals surface area contributed by atoms with E-state index in [9.17, 15) is 25.5 Å². The molecule has 6 N–H and O–H groups in total. The van der Waals surface area contributed by atoms with Crippen LogP contribution in [0.25, 0.3) is 0 Å². The van der Waals surface area contributed by atoms with Gasteiger partial charge in [-0.05, 0) is 117 Å².